The summed E-state index contributed by atoms with van der Waals surface area (Å²) in [5.41, 5.74) is 3.89. The SMILES string of the molecule is CCc1cc(O)cc(-c2ccc(CC)c(O)c2)c1. The fraction of sp³-hybridized carbons (Fsp3) is 0.250. The monoisotopic (exact) mass is 242 g/mol. The first-order chi connectivity index (χ1) is 8.63. The van der Waals surface area contributed by atoms with Gasteiger partial charge in [0.1, 0.15) is 11.5 Å². The van der Waals surface area contributed by atoms with E-state index < -0.39 is 0 Å². The lowest BCUT2D eigenvalue weighted by Crippen LogP contribution is -1.86. The van der Waals surface area contributed by atoms with Crippen molar-refractivity contribution in [3.63, 3.8) is 0 Å². The second-order valence-corrected chi connectivity index (χ2v) is 4.44. The number of aryl methyl sites for hydroxylation is 2. The van der Waals surface area contributed by atoms with Crippen molar-refractivity contribution in [2.45, 2.75) is 26.7 Å². The summed E-state index contributed by atoms with van der Waals surface area (Å²) in [6.45, 7) is 4.06. The molecule has 0 aliphatic carbocycles. The van der Waals surface area contributed by atoms with E-state index in [1.807, 2.05) is 25.1 Å². The summed E-state index contributed by atoms with van der Waals surface area (Å²) in [5, 5.41) is 19.6. The van der Waals surface area contributed by atoms with Crippen molar-refractivity contribution in [3.8, 4) is 22.6 Å². The van der Waals surface area contributed by atoms with E-state index in [1.54, 1.807) is 18.2 Å². The number of hydrogen-bond acceptors (Lipinski definition) is 2. The molecular formula is C16H18O2. The molecular weight excluding hydrogens is 224 g/mol. The molecule has 2 aromatic carbocycles. The average Bonchev–Trinajstić information content (AvgIpc) is 2.37. The molecule has 0 unspecified atom stereocenters. The Labute approximate surface area is 108 Å². The predicted octanol–water partition coefficient (Wildman–Crippen LogP) is 3.89. The zero-order chi connectivity index (χ0) is 13.1. The standard InChI is InChI=1S/C16H18O2/c1-3-11-7-14(9-15(17)8-11)13-6-5-12(4-2)16(18)10-13/h5-10,17-18H,3-4H2,1-2H3. The summed E-state index contributed by atoms with van der Waals surface area (Å²) in [6, 6.07) is 11.2. The number of hydrogen-bond donors (Lipinski definition) is 2. The van der Waals surface area contributed by atoms with Gasteiger partial charge in [-0.25, -0.2) is 0 Å². The smallest absolute Gasteiger partial charge is 0.119 e. The molecule has 0 aliphatic heterocycles. The van der Waals surface area contributed by atoms with Gasteiger partial charge in [-0.2, -0.15) is 0 Å². The first kappa shape index (κ1) is 12.5. The van der Waals surface area contributed by atoms with E-state index in [9.17, 15) is 10.2 Å². The van der Waals surface area contributed by atoms with Gasteiger partial charge in [0.05, 0.1) is 0 Å². The van der Waals surface area contributed by atoms with Gasteiger partial charge in [0.25, 0.3) is 0 Å². The highest BCUT2D eigenvalue weighted by atomic mass is 16.3. The Morgan fingerprint density at radius 3 is 2.22 bits per heavy atom. The van der Waals surface area contributed by atoms with Gasteiger partial charge < -0.3 is 10.2 Å². The van der Waals surface area contributed by atoms with Crippen LogP contribution in [0.2, 0.25) is 0 Å². The van der Waals surface area contributed by atoms with Gasteiger partial charge in [-0.15, -0.1) is 0 Å². The summed E-state index contributed by atoms with van der Waals surface area (Å²) in [7, 11) is 0. The minimum Gasteiger partial charge on any atom is -0.508 e. The Morgan fingerprint density at radius 2 is 1.61 bits per heavy atom. The fourth-order valence-corrected chi connectivity index (χ4v) is 2.09. The van der Waals surface area contributed by atoms with E-state index in [-0.39, 0.29) is 5.75 Å². The third-order valence-corrected chi connectivity index (χ3v) is 3.19. The molecule has 0 heterocycles. The molecule has 0 bridgehead atoms. The van der Waals surface area contributed by atoms with Crippen LogP contribution in [0.4, 0.5) is 0 Å². The molecule has 0 radical (unpaired) electrons. The third kappa shape index (κ3) is 2.48. The quantitative estimate of drug-likeness (QED) is 0.857. The maximum atomic E-state index is 9.89. The summed E-state index contributed by atoms with van der Waals surface area (Å²) in [6.07, 6.45) is 1.69. The lowest BCUT2D eigenvalue weighted by molar-refractivity contribution is 0.469. The van der Waals surface area contributed by atoms with Gasteiger partial charge in [0.15, 0.2) is 0 Å². The topological polar surface area (TPSA) is 40.5 Å². The molecule has 94 valence electrons. The third-order valence-electron chi connectivity index (χ3n) is 3.19. The molecule has 2 N–H and O–H groups in total. The van der Waals surface area contributed by atoms with E-state index in [1.165, 1.54) is 0 Å². The van der Waals surface area contributed by atoms with Gasteiger partial charge in [0.2, 0.25) is 0 Å². The number of benzene rings is 2. The molecule has 18 heavy (non-hydrogen) atoms. The lowest BCUT2D eigenvalue weighted by atomic mass is 9.99. The molecule has 0 atom stereocenters. The number of phenolic OH excluding ortho intramolecular Hbond substituents is 2. The van der Waals surface area contributed by atoms with Crippen LogP contribution < -0.4 is 0 Å². The molecule has 2 heteroatoms. The molecule has 2 aromatic rings. The highest BCUT2D eigenvalue weighted by Gasteiger charge is 2.05. The second-order valence-electron chi connectivity index (χ2n) is 4.44. The van der Waals surface area contributed by atoms with Crippen molar-refractivity contribution in [1.82, 2.24) is 0 Å². The summed E-state index contributed by atoms with van der Waals surface area (Å²) in [4.78, 5) is 0. The Morgan fingerprint density at radius 1 is 0.833 bits per heavy atom. The van der Waals surface area contributed by atoms with Crippen molar-refractivity contribution in [2.75, 3.05) is 0 Å². The molecule has 0 saturated heterocycles. The van der Waals surface area contributed by atoms with E-state index in [0.29, 0.717) is 5.75 Å². The van der Waals surface area contributed by atoms with Crippen LogP contribution in [0.3, 0.4) is 0 Å². The van der Waals surface area contributed by atoms with E-state index >= 15 is 0 Å². The van der Waals surface area contributed by atoms with Crippen LogP contribution in [-0.2, 0) is 12.8 Å². The van der Waals surface area contributed by atoms with Crippen LogP contribution in [0.5, 0.6) is 11.5 Å². The molecule has 2 rings (SSSR count). The zero-order valence-corrected chi connectivity index (χ0v) is 10.8. The molecule has 0 spiro atoms. The van der Waals surface area contributed by atoms with Crippen molar-refractivity contribution < 1.29 is 10.2 Å². The van der Waals surface area contributed by atoms with E-state index in [0.717, 1.165) is 35.1 Å². The van der Waals surface area contributed by atoms with Crippen molar-refractivity contribution in [2.24, 2.45) is 0 Å². The first-order valence-corrected chi connectivity index (χ1v) is 6.29. The van der Waals surface area contributed by atoms with Crippen LogP contribution in [-0.4, -0.2) is 10.2 Å². The highest BCUT2D eigenvalue weighted by Crippen LogP contribution is 2.30. The zero-order valence-electron chi connectivity index (χ0n) is 10.8. The molecule has 0 aromatic heterocycles. The molecule has 0 aliphatic rings. The maximum absolute atomic E-state index is 9.89. The van der Waals surface area contributed by atoms with Crippen molar-refractivity contribution in [3.05, 3.63) is 47.5 Å². The lowest BCUT2D eigenvalue weighted by Gasteiger charge is -2.08. The van der Waals surface area contributed by atoms with Gasteiger partial charge >= 0.3 is 0 Å². The maximum Gasteiger partial charge on any atom is 0.119 e. The Bertz CT molecular complexity index is 559. The summed E-state index contributed by atoms with van der Waals surface area (Å²) in [5.74, 6) is 0.583. The molecule has 2 nitrogen and oxygen atoms in total. The number of phenols is 2. The van der Waals surface area contributed by atoms with Gasteiger partial charge in [-0.3, -0.25) is 0 Å². The van der Waals surface area contributed by atoms with Crippen LogP contribution in [0.25, 0.3) is 11.1 Å². The minimum atomic E-state index is 0.267. The molecule has 0 fully saturated rings. The first-order valence-electron chi connectivity index (χ1n) is 6.29. The van der Waals surface area contributed by atoms with E-state index in [4.69, 9.17) is 0 Å². The summed E-state index contributed by atoms with van der Waals surface area (Å²) >= 11 is 0. The Kier molecular flexibility index (Phi) is 3.56. The van der Waals surface area contributed by atoms with Gasteiger partial charge in [-0.1, -0.05) is 32.0 Å². The summed E-state index contributed by atoms with van der Waals surface area (Å²) < 4.78 is 0. The second kappa shape index (κ2) is 5.13. The average molecular weight is 242 g/mol. The van der Waals surface area contributed by atoms with Crippen LogP contribution in [0.1, 0.15) is 25.0 Å². The van der Waals surface area contributed by atoms with Crippen molar-refractivity contribution >= 4 is 0 Å². The van der Waals surface area contributed by atoms with Crippen LogP contribution >= 0.6 is 0 Å². The van der Waals surface area contributed by atoms with Crippen LogP contribution in [0.15, 0.2) is 36.4 Å². The Hall–Kier alpha value is -1.96. The van der Waals surface area contributed by atoms with Crippen molar-refractivity contribution in [1.29, 1.82) is 0 Å². The van der Waals surface area contributed by atoms with Crippen LogP contribution in [0, 0.1) is 0 Å². The minimum absolute atomic E-state index is 0.267. The van der Waals surface area contributed by atoms with Gasteiger partial charge in [-0.05, 0) is 53.3 Å². The number of aromatic hydroxyl groups is 2. The number of rotatable bonds is 3. The van der Waals surface area contributed by atoms with E-state index in [2.05, 4.69) is 6.92 Å². The molecule has 0 saturated carbocycles. The Balaban J connectivity index is 2.48. The fourth-order valence-electron chi connectivity index (χ4n) is 2.09. The largest absolute Gasteiger partial charge is 0.508 e. The predicted molar refractivity (Wildman–Crippen MR) is 74.0 cm³/mol. The molecule has 0 amide bonds. The normalized spacial score (nSPS) is 10.6. The highest BCUT2D eigenvalue weighted by molar-refractivity contribution is 5.68. The van der Waals surface area contributed by atoms with Gasteiger partial charge in [0, 0.05) is 0 Å².